The van der Waals surface area contributed by atoms with Crippen molar-refractivity contribution in [3.63, 3.8) is 0 Å². The highest BCUT2D eigenvalue weighted by Crippen LogP contribution is 2.40. The van der Waals surface area contributed by atoms with E-state index >= 15 is 0 Å². The molecule has 36 nitrogen and oxygen atoms in total. The van der Waals surface area contributed by atoms with Crippen LogP contribution in [0.4, 0.5) is 0 Å². The molecule has 0 radical (unpaired) electrons. The molecular weight excluding hydrogens is 1220 g/mol. The second-order valence-electron chi connectivity index (χ2n) is 25.1. The molecule has 0 aromatic carbocycles. The predicted molar refractivity (Wildman–Crippen MR) is 281 cm³/mol. The van der Waals surface area contributed by atoms with Crippen LogP contribution in [0.25, 0.3) is 0 Å². The van der Waals surface area contributed by atoms with Gasteiger partial charge in [0.05, 0.1) is 54.9 Å². The maximum atomic E-state index is 11.4. The maximum Gasteiger partial charge on any atom is 0.187 e. The first kappa shape index (κ1) is 71.3. The highest BCUT2D eigenvalue weighted by Gasteiger charge is 2.59. The summed E-state index contributed by atoms with van der Waals surface area (Å²) in [5.74, 6) is 0. The van der Waals surface area contributed by atoms with Crippen LogP contribution in [-0.2, 0) is 85.3 Å². The summed E-state index contributed by atoms with van der Waals surface area (Å²) in [6, 6.07) is 0. The van der Waals surface area contributed by atoms with E-state index in [1.165, 1.54) is 62.3 Å². The van der Waals surface area contributed by atoms with Gasteiger partial charge in [0.25, 0.3) is 0 Å². The fraction of sp³-hybridized carbons (Fsp3) is 1.00. The van der Waals surface area contributed by atoms with E-state index in [4.69, 9.17) is 85.3 Å². The van der Waals surface area contributed by atoms with Gasteiger partial charge >= 0.3 is 0 Å². The van der Waals surface area contributed by atoms with Crippen molar-refractivity contribution in [2.45, 2.75) is 339 Å². The highest BCUT2D eigenvalue weighted by atomic mass is 16.8. The number of aliphatic hydroxyl groups is 18. The second-order valence-corrected chi connectivity index (χ2v) is 25.1. The monoisotopic (exact) mass is 1310 g/mol. The van der Waals surface area contributed by atoms with Crippen LogP contribution in [0.5, 0.6) is 0 Å². The summed E-state index contributed by atoms with van der Waals surface area (Å²) in [7, 11) is 0. The Bertz CT molecular complexity index is 1820. The lowest BCUT2D eigenvalue weighted by atomic mass is 9.95. The molecule has 36 heteroatoms. The third-order valence-corrected chi connectivity index (χ3v) is 18.6. The molecule has 0 saturated carbocycles. The number of aliphatic hydroxyl groups excluding tert-OH is 18. The molecule has 0 spiro atoms. The molecule has 27 heterocycles. The van der Waals surface area contributed by atoms with Crippen molar-refractivity contribution in [1.29, 1.82) is 0 Å². The largest absolute Gasteiger partial charge is 0.387 e. The number of hydrogen-bond donors (Lipinski definition) is 18. The summed E-state index contributed by atoms with van der Waals surface area (Å²) in [6.07, 6.45) is -74.3. The molecule has 45 atom stereocenters. The van der Waals surface area contributed by atoms with Crippen molar-refractivity contribution < 1.29 is 177 Å². The van der Waals surface area contributed by atoms with Gasteiger partial charge in [0.15, 0.2) is 56.6 Å². The highest BCUT2D eigenvalue weighted by molar-refractivity contribution is 5.01. The Balaban J connectivity index is 0.846. The van der Waals surface area contributed by atoms with Gasteiger partial charge in [0.1, 0.15) is 165 Å². The minimum Gasteiger partial charge on any atom is -0.387 e. The van der Waals surface area contributed by atoms with Crippen molar-refractivity contribution in [1.82, 2.24) is 0 Å². The molecule has 0 aromatic rings. The molecule has 27 aliphatic heterocycles. The normalized spacial score (nSPS) is 59.7. The number of ether oxygens (including phenoxy) is 18. The minimum absolute atomic E-state index is 1.20. The van der Waals surface area contributed by atoms with E-state index in [-0.39, 0.29) is 0 Å². The van der Waals surface area contributed by atoms with E-state index in [0.717, 1.165) is 0 Å². The first-order valence-corrected chi connectivity index (χ1v) is 30.3. The summed E-state index contributed by atoms with van der Waals surface area (Å²) in [6.45, 7) is 12.6. The van der Waals surface area contributed by atoms with Crippen molar-refractivity contribution in [2.75, 3.05) is 0 Å². The Labute approximate surface area is 514 Å². The molecule has 0 amide bonds. The average molecular weight is 1320 g/mol. The van der Waals surface area contributed by atoms with Crippen LogP contribution in [0.15, 0.2) is 0 Å². The van der Waals surface area contributed by atoms with Gasteiger partial charge in [-0.3, -0.25) is 0 Å². The van der Waals surface area contributed by atoms with Crippen LogP contribution in [0.3, 0.4) is 0 Å². The minimum atomic E-state index is -1.95. The molecule has 0 aliphatic carbocycles. The van der Waals surface area contributed by atoms with E-state index < -0.39 is 276 Å². The van der Waals surface area contributed by atoms with E-state index in [0.29, 0.717) is 0 Å². The molecule has 0 aromatic heterocycles. The second kappa shape index (κ2) is 28.6. The van der Waals surface area contributed by atoms with Crippen LogP contribution in [0, 0.1) is 0 Å². The quantitative estimate of drug-likeness (QED) is 0.107. The lowest BCUT2D eigenvalue weighted by Gasteiger charge is -2.49. The average Bonchev–Trinajstić information content (AvgIpc) is 0.801. The van der Waals surface area contributed by atoms with Crippen LogP contribution in [-0.4, -0.2) is 368 Å². The van der Waals surface area contributed by atoms with Gasteiger partial charge in [0.2, 0.25) is 0 Å². The molecule has 18 bridgehead atoms. The first-order chi connectivity index (χ1) is 42.3. The lowest BCUT2D eigenvalue weighted by Crippen LogP contribution is -2.67. The summed E-state index contributed by atoms with van der Waals surface area (Å²) < 4.78 is 106. The molecule has 90 heavy (non-hydrogen) atoms. The molecule has 27 fully saturated rings. The topological polar surface area (TPSA) is 530 Å². The summed E-state index contributed by atoms with van der Waals surface area (Å²) in [4.78, 5) is 0. The third kappa shape index (κ3) is 13.8. The van der Waals surface area contributed by atoms with Gasteiger partial charge in [-0.15, -0.1) is 0 Å². The van der Waals surface area contributed by atoms with Crippen LogP contribution >= 0.6 is 0 Å². The van der Waals surface area contributed by atoms with E-state index in [1.807, 2.05) is 0 Å². The number of rotatable bonds is 0. The molecule has 27 rings (SSSR count). The fourth-order valence-corrected chi connectivity index (χ4v) is 13.1. The molecule has 18 unspecified atom stereocenters. The first-order valence-electron chi connectivity index (χ1n) is 30.3. The standard InChI is InChI=1S/C54H90O36/c1-10-37-19(55)28(64)46(73-10)83-38-11(2)75-48(30(66)21(38)57)85-40-13(4)77-50(32(68)23(40)59)87-42-15(6)79-52(34(70)25(42)61)89-44-17(8)81-54(36(72)27(44)63)90-45-18(9)80-53(35(71)26(45)62)88-43-16(7)78-51(33(69)24(43)60)86-41-14(5)76-49(31(67)22(41)58)84-39-12(3)74-47(82-37)29(65)20(39)56/h10-72H,1-9H3/t10?,11?,12?,13?,14?,15?,16?,17?,18?,19-,20-,21-,22-,23-,24-,25-,26-,27-,28?,29?,30?,31?,32?,33?,34?,35?,36?,37-,38-,39-,40-,41-,42-,43-,44-,45-,46-,47-,48-,49-,50+,51+,52-,53+,54-/m1/s1. The van der Waals surface area contributed by atoms with E-state index in [1.54, 1.807) is 0 Å². The van der Waals surface area contributed by atoms with Gasteiger partial charge in [0, 0.05) is 0 Å². The van der Waals surface area contributed by atoms with Crippen molar-refractivity contribution in [3.8, 4) is 0 Å². The van der Waals surface area contributed by atoms with Crippen LogP contribution < -0.4 is 0 Å². The fourth-order valence-electron chi connectivity index (χ4n) is 13.1. The maximum absolute atomic E-state index is 11.4. The predicted octanol–water partition coefficient (Wildman–Crippen LogP) is -10.3. The SMILES string of the molecule is CC1O[C@@H]2O[C@@H]3C(C)O[C@H](O[C@@H]4C(C)O[C@@H](O[C@@H]5C(C)O[C@H](O[C@@H]6C(C)O[C@H](O[C@@H]7C(C)O[C@@H](O[C@@H]8C(C)O[C@@H](O[C@@H]9C(C)O[C@H](O[C@@H]%10C(C)O[C@H](O[C@H]1[C@H](O)C2O)C(O)[C@H]%10O)C(O)[C@H]9O)C(O)[C@H]8O)C(O)[C@H]7O)C(O)[C@H]6O)C(O)[C@H]5O)C(O)[C@H]4O)C(O)[C@H]3O. The molecule has 27 saturated heterocycles. The molecular formula is C54H90O36. The zero-order valence-electron chi connectivity index (χ0n) is 50.4. The Hall–Kier alpha value is -1.44. The van der Waals surface area contributed by atoms with Crippen molar-refractivity contribution in [3.05, 3.63) is 0 Å². The molecule has 522 valence electrons. The van der Waals surface area contributed by atoms with Crippen LogP contribution in [0.2, 0.25) is 0 Å². The van der Waals surface area contributed by atoms with Gasteiger partial charge < -0.3 is 177 Å². The summed E-state index contributed by atoms with van der Waals surface area (Å²) in [5, 5.41) is 205. The van der Waals surface area contributed by atoms with Crippen molar-refractivity contribution >= 4 is 0 Å². The van der Waals surface area contributed by atoms with Crippen molar-refractivity contribution in [2.24, 2.45) is 0 Å². The Morgan fingerprint density at radius 2 is 0.200 bits per heavy atom. The van der Waals surface area contributed by atoms with E-state index in [9.17, 15) is 91.9 Å². The zero-order valence-corrected chi connectivity index (χ0v) is 50.4. The molecule has 18 N–H and O–H groups in total. The molecule has 27 aliphatic rings. The van der Waals surface area contributed by atoms with E-state index in [2.05, 4.69) is 0 Å². The van der Waals surface area contributed by atoms with Gasteiger partial charge in [-0.25, -0.2) is 0 Å². The summed E-state index contributed by atoms with van der Waals surface area (Å²) in [5.41, 5.74) is 0. The summed E-state index contributed by atoms with van der Waals surface area (Å²) >= 11 is 0. The third-order valence-electron chi connectivity index (χ3n) is 18.6. The zero-order chi connectivity index (χ0) is 65.7. The number of hydrogen-bond acceptors (Lipinski definition) is 36. The Kier molecular flexibility index (Phi) is 22.6. The van der Waals surface area contributed by atoms with Gasteiger partial charge in [-0.1, -0.05) is 0 Å². The Morgan fingerprint density at radius 1 is 0.122 bits per heavy atom. The Morgan fingerprint density at radius 3 is 0.278 bits per heavy atom. The smallest absolute Gasteiger partial charge is 0.187 e. The lowest BCUT2D eigenvalue weighted by molar-refractivity contribution is -0.393. The van der Waals surface area contributed by atoms with Gasteiger partial charge in [-0.2, -0.15) is 0 Å². The van der Waals surface area contributed by atoms with Crippen LogP contribution in [0.1, 0.15) is 62.3 Å². The van der Waals surface area contributed by atoms with Gasteiger partial charge in [-0.05, 0) is 62.3 Å².